The summed E-state index contributed by atoms with van der Waals surface area (Å²) in [7, 11) is 0. The lowest BCUT2D eigenvalue weighted by Gasteiger charge is -2.38. The van der Waals surface area contributed by atoms with Gasteiger partial charge in [0.1, 0.15) is 12.4 Å². The SMILES string of the molecule is CC(OCCOc1ccccc1)C12CC3CC(CC1C3)C2. The van der Waals surface area contributed by atoms with Gasteiger partial charge < -0.3 is 9.47 Å². The van der Waals surface area contributed by atoms with Gasteiger partial charge in [-0.05, 0) is 74.3 Å². The summed E-state index contributed by atoms with van der Waals surface area (Å²) in [6.07, 6.45) is 7.71. The van der Waals surface area contributed by atoms with E-state index < -0.39 is 0 Å². The van der Waals surface area contributed by atoms with Crippen LogP contribution in [0.1, 0.15) is 39.0 Å². The highest BCUT2D eigenvalue weighted by molar-refractivity contribution is 5.20. The van der Waals surface area contributed by atoms with Crippen molar-refractivity contribution in [3.05, 3.63) is 30.3 Å². The van der Waals surface area contributed by atoms with Crippen LogP contribution in [0.2, 0.25) is 0 Å². The van der Waals surface area contributed by atoms with E-state index in [2.05, 4.69) is 6.92 Å². The number of ether oxygens (including phenoxy) is 2. The molecule has 3 atom stereocenters. The van der Waals surface area contributed by atoms with Crippen LogP contribution in [0.5, 0.6) is 5.75 Å². The molecule has 5 rings (SSSR count). The van der Waals surface area contributed by atoms with Crippen LogP contribution in [-0.4, -0.2) is 19.3 Å². The molecule has 0 heterocycles. The molecule has 2 nitrogen and oxygen atoms in total. The van der Waals surface area contributed by atoms with Gasteiger partial charge in [0.05, 0.1) is 12.7 Å². The van der Waals surface area contributed by atoms with Crippen LogP contribution in [0.4, 0.5) is 0 Å². The van der Waals surface area contributed by atoms with Crippen molar-refractivity contribution in [1.82, 2.24) is 0 Å². The lowest BCUT2D eigenvalue weighted by atomic mass is 9.72. The molecule has 0 amide bonds. The molecule has 0 radical (unpaired) electrons. The first-order valence-electron chi connectivity index (χ1n) is 8.56. The highest BCUT2D eigenvalue weighted by Crippen LogP contribution is 2.67. The number of hydrogen-bond acceptors (Lipinski definition) is 2. The van der Waals surface area contributed by atoms with Crippen LogP contribution in [-0.2, 0) is 4.74 Å². The number of benzene rings is 1. The Labute approximate surface area is 127 Å². The van der Waals surface area contributed by atoms with Crippen molar-refractivity contribution < 1.29 is 9.47 Å². The summed E-state index contributed by atoms with van der Waals surface area (Å²) in [6, 6.07) is 10.0. The summed E-state index contributed by atoms with van der Waals surface area (Å²) in [4.78, 5) is 0. The Morgan fingerprint density at radius 2 is 1.76 bits per heavy atom. The summed E-state index contributed by atoms with van der Waals surface area (Å²) in [6.45, 7) is 3.67. The minimum absolute atomic E-state index is 0.400. The molecule has 0 aromatic heterocycles. The summed E-state index contributed by atoms with van der Waals surface area (Å²) in [5, 5.41) is 0. The van der Waals surface area contributed by atoms with Crippen molar-refractivity contribution >= 4 is 0 Å². The molecule has 0 aliphatic heterocycles. The van der Waals surface area contributed by atoms with E-state index in [1.54, 1.807) is 0 Å². The first kappa shape index (κ1) is 13.6. The summed E-state index contributed by atoms with van der Waals surface area (Å²) < 4.78 is 11.9. The Hall–Kier alpha value is -1.02. The Kier molecular flexibility index (Phi) is 3.45. The average Bonchev–Trinajstić information content (AvgIpc) is 2.90. The average molecular weight is 286 g/mol. The Morgan fingerprint density at radius 1 is 1.05 bits per heavy atom. The van der Waals surface area contributed by atoms with Crippen molar-refractivity contribution in [3.8, 4) is 5.75 Å². The van der Waals surface area contributed by atoms with Gasteiger partial charge in [0.25, 0.3) is 0 Å². The monoisotopic (exact) mass is 286 g/mol. The molecule has 4 aliphatic rings. The van der Waals surface area contributed by atoms with Crippen molar-refractivity contribution in [3.63, 3.8) is 0 Å². The highest BCUT2D eigenvalue weighted by Gasteiger charge is 2.60. The lowest BCUT2D eigenvalue weighted by Crippen LogP contribution is -2.37. The molecule has 4 bridgehead atoms. The second-order valence-corrected chi connectivity index (χ2v) is 7.45. The highest BCUT2D eigenvalue weighted by atomic mass is 16.5. The van der Waals surface area contributed by atoms with Crippen LogP contribution in [0.3, 0.4) is 0 Å². The van der Waals surface area contributed by atoms with E-state index in [1.807, 2.05) is 30.3 Å². The van der Waals surface area contributed by atoms with Crippen LogP contribution in [0.25, 0.3) is 0 Å². The van der Waals surface area contributed by atoms with Crippen LogP contribution in [0.15, 0.2) is 30.3 Å². The van der Waals surface area contributed by atoms with E-state index >= 15 is 0 Å². The molecule has 0 N–H and O–H groups in total. The fourth-order valence-corrected chi connectivity index (χ4v) is 5.59. The fraction of sp³-hybridized carbons (Fsp3) is 0.684. The Bertz CT molecular complexity index is 470. The third-order valence-corrected chi connectivity index (χ3v) is 6.33. The third kappa shape index (κ3) is 2.38. The largest absolute Gasteiger partial charge is 0.491 e. The molecule has 114 valence electrons. The van der Waals surface area contributed by atoms with Crippen molar-refractivity contribution in [2.45, 2.75) is 45.1 Å². The topological polar surface area (TPSA) is 18.5 Å². The molecule has 21 heavy (non-hydrogen) atoms. The second-order valence-electron chi connectivity index (χ2n) is 7.45. The standard InChI is InChI=1S/C19H26O2/c1-14(20-7-8-21-18-5-3-2-4-6-18)19-12-15-9-16(13-19)11-17(19)10-15/h2-6,14-17H,7-13H2,1H3. The van der Waals surface area contributed by atoms with E-state index in [-0.39, 0.29) is 0 Å². The maximum absolute atomic E-state index is 6.20. The molecule has 4 aliphatic carbocycles. The van der Waals surface area contributed by atoms with Crippen LogP contribution in [0, 0.1) is 23.2 Å². The molecule has 0 saturated heterocycles. The Balaban J connectivity index is 1.28. The molecule has 0 spiro atoms. The van der Waals surface area contributed by atoms with Gasteiger partial charge in [-0.3, -0.25) is 0 Å². The minimum atomic E-state index is 0.400. The minimum Gasteiger partial charge on any atom is -0.491 e. The quantitative estimate of drug-likeness (QED) is 0.726. The van der Waals surface area contributed by atoms with E-state index in [9.17, 15) is 0 Å². The first-order chi connectivity index (χ1) is 10.3. The second kappa shape index (κ2) is 5.31. The van der Waals surface area contributed by atoms with Gasteiger partial charge in [-0.2, -0.15) is 0 Å². The third-order valence-electron chi connectivity index (χ3n) is 6.33. The first-order valence-corrected chi connectivity index (χ1v) is 8.56. The van der Waals surface area contributed by atoms with Crippen molar-refractivity contribution in [1.29, 1.82) is 0 Å². The van der Waals surface area contributed by atoms with Gasteiger partial charge in [-0.25, -0.2) is 0 Å². The van der Waals surface area contributed by atoms with Gasteiger partial charge in [0, 0.05) is 0 Å². The molecule has 1 aromatic rings. The smallest absolute Gasteiger partial charge is 0.119 e. The number of para-hydroxylation sites is 1. The van der Waals surface area contributed by atoms with E-state index in [0.29, 0.717) is 24.7 Å². The van der Waals surface area contributed by atoms with E-state index in [0.717, 1.165) is 23.5 Å². The van der Waals surface area contributed by atoms with Gasteiger partial charge in [0.2, 0.25) is 0 Å². The number of hydrogen-bond donors (Lipinski definition) is 0. The molecule has 3 unspecified atom stereocenters. The summed E-state index contributed by atoms with van der Waals surface area (Å²) in [5.74, 6) is 3.90. The van der Waals surface area contributed by atoms with Crippen LogP contribution >= 0.6 is 0 Å². The molecule has 4 saturated carbocycles. The van der Waals surface area contributed by atoms with Gasteiger partial charge in [-0.15, -0.1) is 0 Å². The summed E-state index contributed by atoms with van der Waals surface area (Å²) >= 11 is 0. The van der Waals surface area contributed by atoms with Gasteiger partial charge in [-0.1, -0.05) is 18.2 Å². The maximum Gasteiger partial charge on any atom is 0.119 e. The fourth-order valence-electron chi connectivity index (χ4n) is 5.59. The van der Waals surface area contributed by atoms with Gasteiger partial charge in [0.15, 0.2) is 0 Å². The van der Waals surface area contributed by atoms with E-state index in [1.165, 1.54) is 32.1 Å². The molecule has 4 fully saturated rings. The van der Waals surface area contributed by atoms with Gasteiger partial charge >= 0.3 is 0 Å². The lowest BCUT2D eigenvalue weighted by molar-refractivity contribution is -0.0539. The number of rotatable bonds is 6. The van der Waals surface area contributed by atoms with Crippen molar-refractivity contribution in [2.24, 2.45) is 23.2 Å². The van der Waals surface area contributed by atoms with E-state index in [4.69, 9.17) is 9.47 Å². The molecular weight excluding hydrogens is 260 g/mol. The zero-order valence-electron chi connectivity index (χ0n) is 13.0. The predicted octanol–water partition coefficient (Wildman–Crippen LogP) is 4.30. The predicted molar refractivity (Wildman–Crippen MR) is 83.3 cm³/mol. The zero-order valence-corrected chi connectivity index (χ0v) is 13.0. The summed E-state index contributed by atoms with van der Waals surface area (Å²) in [5.41, 5.74) is 0.514. The Morgan fingerprint density at radius 3 is 2.48 bits per heavy atom. The maximum atomic E-state index is 6.20. The van der Waals surface area contributed by atoms with Crippen molar-refractivity contribution in [2.75, 3.05) is 13.2 Å². The normalized spacial score (nSPS) is 37.9. The van der Waals surface area contributed by atoms with Crippen LogP contribution < -0.4 is 4.74 Å². The zero-order chi connectivity index (χ0) is 14.3. The molecule has 2 heteroatoms. The molecule has 1 aromatic carbocycles. The molecular formula is C19H26O2.